The number of likely N-dealkylation sites (tertiary alicyclic amines) is 1. The van der Waals surface area contributed by atoms with Crippen molar-refractivity contribution in [2.75, 3.05) is 13.2 Å². The fraction of sp³-hybridized carbons (Fsp3) is 0.500. The van der Waals surface area contributed by atoms with Crippen LogP contribution in [0.1, 0.15) is 27.2 Å². The minimum atomic E-state index is -0.541. The molecule has 1 fully saturated rings. The minimum Gasteiger partial charge on any atom is -0.488 e. The van der Waals surface area contributed by atoms with E-state index in [0.717, 1.165) is 5.75 Å². The topological polar surface area (TPSA) is 59.0 Å². The zero-order chi connectivity index (χ0) is 16.9. The Morgan fingerprint density at radius 2 is 2.04 bits per heavy atom. The number of carbonyl (C=O) groups is 1. The summed E-state index contributed by atoms with van der Waals surface area (Å²) in [6, 6.07) is 9.42. The van der Waals surface area contributed by atoms with E-state index in [0.29, 0.717) is 13.0 Å². The van der Waals surface area contributed by atoms with Gasteiger partial charge in [-0.3, -0.25) is 4.90 Å². The molecule has 0 spiro atoms. The van der Waals surface area contributed by atoms with Gasteiger partial charge in [0.15, 0.2) is 0 Å². The number of aliphatic hydroxyl groups is 1. The fourth-order valence-electron chi connectivity index (χ4n) is 2.53. The summed E-state index contributed by atoms with van der Waals surface area (Å²) in [5, 5.41) is 8.99. The molecule has 5 nitrogen and oxygen atoms in total. The average molecular weight is 319 g/mol. The monoisotopic (exact) mass is 319 g/mol. The Kier molecular flexibility index (Phi) is 5.66. The third-order valence-electron chi connectivity index (χ3n) is 3.44. The molecule has 1 N–H and O–H groups in total. The SMILES string of the molecule is CC(C)(C)OC(=O)N1C[C@@H](Oc2ccccc2)C[C@H]1/C=C/CO. The number of para-hydroxylation sites is 1. The molecule has 0 aromatic heterocycles. The number of aliphatic hydroxyl groups excluding tert-OH is 1. The molecule has 2 rings (SSSR count). The Labute approximate surface area is 137 Å². The van der Waals surface area contributed by atoms with Gasteiger partial charge < -0.3 is 14.6 Å². The van der Waals surface area contributed by atoms with Crippen molar-refractivity contribution >= 4 is 6.09 Å². The molecule has 126 valence electrons. The van der Waals surface area contributed by atoms with E-state index in [-0.39, 0.29) is 24.8 Å². The summed E-state index contributed by atoms with van der Waals surface area (Å²) in [7, 11) is 0. The normalized spacial score (nSPS) is 21.7. The molecule has 1 heterocycles. The van der Waals surface area contributed by atoms with Gasteiger partial charge in [0.25, 0.3) is 0 Å². The molecule has 23 heavy (non-hydrogen) atoms. The smallest absolute Gasteiger partial charge is 0.410 e. The van der Waals surface area contributed by atoms with E-state index in [4.69, 9.17) is 14.6 Å². The lowest BCUT2D eigenvalue weighted by molar-refractivity contribution is 0.0239. The van der Waals surface area contributed by atoms with E-state index in [1.165, 1.54) is 0 Å². The van der Waals surface area contributed by atoms with Crippen LogP contribution < -0.4 is 4.74 Å². The molecule has 1 saturated heterocycles. The molecule has 1 aromatic rings. The molecule has 5 heteroatoms. The number of nitrogens with zero attached hydrogens (tertiary/aromatic N) is 1. The number of hydrogen-bond donors (Lipinski definition) is 1. The first kappa shape index (κ1) is 17.3. The third-order valence-corrected chi connectivity index (χ3v) is 3.44. The lowest BCUT2D eigenvalue weighted by atomic mass is 10.2. The van der Waals surface area contributed by atoms with Crippen LogP contribution in [0.3, 0.4) is 0 Å². The summed E-state index contributed by atoms with van der Waals surface area (Å²) >= 11 is 0. The predicted molar refractivity (Wildman–Crippen MR) is 88.4 cm³/mol. The first-order chi connectivity index (χ1) is 10.9. The largest absolute Gasteiger partial charge is 0.488 e. The molecule has 1 aliphatic heterocycles. The van der Waals surface area contributed by atoms with Crippen molar-refractivity contribution in [3.8, 4) is 5.75 Å². The van der Waals surface area contributed by atoms with Gasteiger partial charge in [-0.15, -0.1) is 0 Å². The highest BCUT2D eigenvalue weighted by atomic mass is 16.6. The number of rotatable bonds is 4. The van der Waals surface area contributed by atoms with Crippen LogP contribution in [0.5, 0.6) is 5.75 Å². The molecule has 2 atom stereocenters. The molecule has 1 aliphatic rings. The van der Waals surface area contributed by atoms with E-state index >= 15 is 0 Å². The van der Waals surface area contributed by atoms with Crippen molar-refractivity contribution in [3.05, 3.63) is 42.5 Å². The van der Waals surface area contributed by atoms with Gasteiger partial charge in [-0.25, -0.2) is 4.79 Å². The quantitative estimate of drug-likeness (QED) is 0.867. The van der Waals surface area contributed by atoms with Crippen molar-refractivity contribution in [2.45, 2.75) is 44.9 Å². The predicted octanol–water partition coefficient (Wildman–Crippen LogP) is 2.99. The molecular formula is C18H25NO4. The summed E-state index contributed by atoms with van der Waals surface area (Å²) in [6.07, 6.45) is 3.69. The number of carbonyl (C=O) groups excluding carboxylic acids is 1. The Balaban J connectivity index is 2.06. The highest BCUT2D eigenvalue weighted by molar-refractivity contribution is 5.69. The van der Waals surface area contributed by atoms with E-state index in [9.17, 15) is 4.79 Å². The zero-order valence-electron chi connectivity index (χ0n) is 13.9. The van der Waals surface area contributed by atoms with Gasteiger partial charge >= 0.3 is 6.09 Å². The second-order valence-electron chi connectivity index (χ2n) is 6.60. The summed E-state index contributed by atoms with van der Waals surface area (Å²) < 4.78 is 11.4. The summed E-state index contributed by atoms with van der Waals surface area (Å²) in [4.78, 5) is 14.0. The molecule has 1 amide bonds. The molecule has 1 aromatic carbocycles. The maximum atomic E-state index is 12.4. The van der Waals surface area contributed by atoms with Crippen LogP contribution in [-0.2, 0) is 4.74 Å². The maximum absolute atomic E-state index is 12.4. The van der Waals surface area contributed by atoms with Crippen LogP contribution in [0.15, 0.2) is 42.5 Å². The second-order valence-corrected chi connectivity index (χ2v) is 6.60. The molecule has 0 radical (unpaired) electrons. The van der Waals surface area contributed by atoms with Crippen molar-refractivity contribution in [2.24, 2.45) is 0 Å². The molecule has 0 bridgehead atoms. The molecule has 0 saturated carbocycles. The molecular weight excluding hydrogens is 294 g/mol. The number of ether oxygens (including phenoxy) is 2. The van der Waals surface area contributed by atoms with Crippen LogP contribution >= 0.6 is 0 Å². The summed E-state index contributed by atoms with van der Waals surface area (Å²) in [5.74, 6) is 0.786. The maximum Gasteiger partial charge on any atom is 0.410 e. The van der Waals surface area contributed by atoms with Crippen LogP contribution in [0.2, 0.25) is 0 Å². The lowest BCUT2D eigenvalue weighted by Crippen LogP contribution is -2.39. The lowest BCUT2D eigenvalue weighted by Gasteiger charge is -2.27. The number of benzene rings is 1. The van der Waals surface area contributed by atoms with Crippen molar-refractivity contribution < 1.29 is 19.4 Å². The standard InChI is InChI=1S/C18H25NO4/c1-18(2,3)23-17(21)19-13-16(12-14(19)8-7-11-20)22-15-9-5-4-6-10-15/h4-10,14,16,20H,11-13H2,1-3H3/b8-7+/t14-,16+/m1/s1. The van der Waals surface area contributed by atoms with Gasteiger partial charge in [0.2, 0.25) is 0 Å². The second kappa shape index (κ2) is 7.51. The summed E-state index contributed by atoms with van der Waals surface area (Å²) in [6.45, 7) is 5.94. The Morgan fingerprint density at radius 1 is 1.35 bits per heavy atom. The number of amides is 1. The third kappa shape index (κ3) is 5.28. The van der Waals surface area contributed by atoms with Gasteiger partial charge in [0.1, 0.15) is 17.5 Å². The highest BCUT2D eigenvalue weighted by Crippen LogP contribution is 2.25. The van der Waals surface area contributed by atoms with Gasteiger partial charge in [-0.1, -0.05) is 30.4 Å². The van der Waals surface area contributed by atoms with Gasteiger partial charge in [-0.05, 0) is 32.9 Å². The van der Waals surface area contributed by atoms with Crippen molar-refractivity contribution in [3.63, 3.8) is 0 Å². The van der Waals surface area contributed by atoms with Crippen molar-refractivity contribution in [1.29, 1.82) is 0 Å². The first-order valence-corrected chi connectivity index (χ1v) is 7.88. The van der Waals surface area contributed by atoms with Gasteiger partial charge in [0.05, 0.1) is 19.2 Å². The number of hydrogen-bond acceptors (Lipinski definition) is 4. The Bertz CT molecular complexity index is 536. The Morgan fingerprint density at radius 3 is 2.65 bits per heavy atom. The fourth-order valence-corrected chi connectivity index (χ4v) is 2.53. The van der Waals surface area contributed by atoms with Crippen LogP contribution in [0.25, 0.3) is 0 Å². The highest BCUT2D eigenvalue weighted by Gasteiger charge is 2.37. The van der Waals surface area contributed by atoms with Crippen LogP contribution in [0.4, 0.5) is 4.79 Å². The van der Waals surface area contributed by atoms with Gasteiger partial charge in [-0.2, -0.15) is 0 Å². The van der Waals surface area contributed by atoms with Crippen LogP contribution in [0, 0.1) is 0 Å². The zero-order valence-corrected chi connectivity index (χ0v) is 13.9. The summed E-state index contributed by atoms with van der Waals surface area (Å²) in [5.41, 5.74) is -0.541. The van der Waals surface area contributed by atoms with E-state index < -0.39 is 5.60 Å². The molecule has 0 unspecified atom stereocenters. The van der Waals surface area contributed by atoms with Crippen molar-refractivity contribution in [1.82, 2.24) is 4.90 Å². The Hall–Kier alpha value is -2.01. The first-order valence-electron chi connectivity index (χ1n) is 7.88. The van der Waals surface area contributed by atoms with Gasteiger partial charge in [0, 0.05) is 6.42 Å². The van der Waals surface area contributed by atoms with E-state index in [2.05, 4.69) is 0 Å². The minimum absolute atomic E-state index is 0.0527. The van der Waals surface area contributed by atoms with E-state index in [1.807, 2.05) is 57.2 Å². The molecule has 0 aliphatic carbocycles. The average Bonchev–Trinajstić information content (AvgIpc) is 2.87. The van der Waals surface area contributed by atoms with E-state index in [1.54, 1.807) is 11.0 Å². The van der Waals surface area contributed by atoms with Crippen LogP contribution in [-0.4, -0.2) is 47.0 Å².